The maximum atomic E-state index is 12.3. The van der Waals surface area contributed by atoms with Gasteiger partial charge < -0.3 is 20.1 Å². The Morgan fingerprint density at radius 2 is 1.92 bits per heavy atom. The van der Waals surface area contributed by atoms with Crippen LogP contribution in [-0.2, 0) is 25.7 Å². The second kappa shape index (κ2) is 11.8. The van der Waals surface area contributed by atoms with E-state index in [9.17, 15) is 9.59 Å². The van der Waals surface area contributed by atoms with Gasteiger partial charge in [0.2, 0.25) is 5.90 Å². The van der Waals surface area contributed by atoms with Gasteiger partial charge in [-0.1, -0.05) is 44.2 Å². The molecule has 7 heteroatoms. The Labute approximate surface area is 154 Å². The van der Waals surface area contributed by atoms with Gasteiger partial charge in [0.1, 0.15) is 18.9 Å². The minimum atomic E-state index is -0.690. The summed E-state index contributed by atoms with van der Waals surface area (Å²) in [6.45, 7) is 5.74. The number of aliphatic imine (C=N–C) groups is 1. The third-order valence-electron chi connectivity index (χ3n) is 3.58. The van der Waals surface area contributed by atoms with Gasteiger partial charge in [0.15, 0.2) is 0 Å². The second-order valence-corrected chi connectivity index (χ2v) is 6.20. The fraction of sp³-hybridized carbons (Fsp3) is 0.474. The smallest absolute Gasteiger partial charge is 0.331 e. The summed E-state index contributed by atoms with van der Waals surface area (Å²) in [4.78, 5) is 27.0. The monoisotopic (exact) mass is 361 g/mol. The molecule has 0 aromatic heterocycles. The normalized spacial score (nSPS) is 14.2. The minimum absolute atomic E-state index is 0.0685. The number of nitrogens with two attached hydrogens (primary N) is 1. The van der Waals surface area contributed by atoms with Crippen LogP contribution >= 0.6 is 0 Å². The molecule has 0 radical (unpaired) electrons. The summed E-state index contributed by atoms with van der Waals surface area (Å²) in [5.74, 6) is 4.92. The van der Waals surface area contributed by atoms with E-state index in [4.69, 9.17) is 15.3 Å². The third-order valence-corrected chi connectivity index (χ3v) is 3.58. The molecule has 26 heavy (non-hydrogen) atoms. The molecule has 142 valence electrons. The van der Waals surface area contributed by atoms with E-state index in [0.29, 0.717) is 12.8 Å². The molecule has 0 saturated carbocycles. The van der Waals surface area contributed by atoms with Crippen LogP contribution in [0.4, 0.5) is 0 Å². The summed E-state index contributed by atoms with van der Waals surface area (Å²) in [7, 11) is 0. The van der Waals surface area contributed by atoms with Crippen LogP contribution in [0, 0.1) is 5.92 Å². The molecule has 0 spiro atoms. The lowest BCUT2D eigenvalue weighted by Gasteiger charge is -2.16. The maximum Gasteiger partial charge on any atom is 0.331 e. The van der Waals surface area contributed by atoms with Crippen molar-refractivity contribution in [2.45, 2.75) is 52.4 Å². The van der Waals surface area contributed by atoms with E-state index in [-0.39, 0.29) is 24.5 Å². The van der Waals surface area contributed by atoms with Gasteiger partial charge in [-0.25, -0.2) is 4.79 Å². The minimum Gasteiger partial charge on any atom is -0.473 e. The van der Waals surface area contributed by atoms with E-state index in [1.54, 1.807) is 6.92 Å². The van der Waals surface area contributed by atoms with Gasteiger partial charge in [-0.05, 0) is 24.8 Å². The summed E-state index contributed by atoms with van der Waals surface area (Å²) in [5, 5.41) is 3.52. The number of hydrogen-bond acceptors (Lipinski definition) is 7. The highest BCUT2D eigenvalue weighted by Crippen LogP contribution is 2.11. The molecule has 2 N–H and O–H groups in total. The average Bonchev–Trinajstić information content (AvgIpc) is 2.64. The Balaban J connectivity index is 2.65. The van der Waals surface area contributed by atoms with E-state index >= 15 is 0 Å². The van der Waals surface area contributed by atoms with Gasteiger partial charge in [-0.15, -0.1) is 5.10 Å². The van der Waals surface area contributed by atoms with Gasteiger partial charge in [-0.3, -0.25) is 4.99 Å². The Morgan fingerprint density at radius 3 is 2.50 bits per heavy atom. The summed E-state index contributed by atoms with van der Waals surface area (Å²) < 4.78 is 10.9. The molecule has 0 fully saturated rings. The van der Waals surface area contributed by atoms with Crippen molar-refractivity contribution >= 4 is 24.4 Å². The van der Waals surface area contributed by atoms with Gasteiger partial charge >= 0.3 is 5.97 Å². The van der Waals surface area contributed by atoms with Crippen molar-refractivity contribution in [1.82, 2.24) is 0 Å². The fourth-order valence-corrected chi connectivity index (χ4v) is 2.13. The number of esters is 1. The van der Waals surface area contributed by atoms with E-state index in [1.807, 2.05) is 44.2 Å². The topological polar surface area (TPSA) is 103 Å². The van der Waals surface area contributed by atoms with Crippen LogP contribution in [0.2, 0.25) is 0 Å². The van der Waals surface area contributed by atoms with Crippen LogP contribution in [0.3, 0.4) is 0 Å². The first kappa shape index (κ1) is 21.3. The van der Waals surface area contributed by atoms with Crippen molar-refractivity contribution in [2.75, 3.05) is 0 Å². The molecule has 1 unspecified atom stereocenters. The highest BCUT2D eigenvalue weighted by atomic mass is 16.5. The lowest BCUT2D eigenvalue weighted by Crippen LogP contribution is -2.28. The summed E-state index contributed by atoms with van der Waals surface area (Å²) in [5.41, 5.74) is 0.906. The zero-order valence-corrected chi connectivity index (χ0v) is 15.5. The van der Waals surface area contributed by atoms with Gasteiger partial charge in [-0.2, -0.15) is 0 Å². The SMILES string of the molecule is CC(CCC=O)O/C(C=N[C@H](C(=O)OCc1ccccc1)C(C)C)=N/N. The molecule has 1 rings (SSSR count). The molecule has 0 aliphatic rings. The van der Waals surface area contributed by atoms with Crippen molar-refractivity contribution in [3.8, 4) is 0 Å². The van der Waals surface area contributed by atoms with Crippen molar-refractivity contribution in [2.24, 2.45) is 21.9 Å². The number of carbonyl (C=O) groups is 2. The van der Waals surface area contributed by atoms with Crippen LogP contribution in [0.15, 0.2) is 40.4 Å². The van der Waals surface area contributed by atoms with Crippen LogP contribution in [0.1, 0.15) is 39.2 Å². The van der Waals surface area contributed by atoms with E-state index in [0.717, 1.165) is 11.8 Å². The highest BCUT2D eigenvalue weighted by molar-refractivity contribution is 6.26. The van der Waals surface area contributed by atoms with E-state index in [2.05, 4.69) is 10.1 Å². The average molecular weight is 361 g/mol. The number of carbonyl (C=O) groups excluding carboxylic acids is 2. The summed E-state index contributed by atoms with van der Waals surface area (Å²) >= 11 is 0. The first-order valence-electron chi connectivity index (χ1n) is 8.59. The van der Waals surface area contributed by atoms with Gasteiger partial charge in [0.05, 0.1) is 12.3 Å². The number of hydrazone groups is 1. The molecule has 0 heterocycles. The molecular weight excluding hydrogens is 334 g/mol. The largest absolute Gasteiger partial charge is 0.473 e. The van der Waals surface area contributed by atoms with Crippen LogP contribution in [-0.4, -0.2) is 36.5 Å². The van der Waals surface area contributed by atoms with Gasteiger partial charge in [0, 0.05) is 6.42 Å². The quantitative estimate of drug-likeness (QED) is 0.172. The molecule has 0 amide bonds. The van der Waals surface area contributed by atoms with Crippen molar-refractivity contribution in [1.29, 1.82) is 0 Å². The summed E-state index contributed by atoms with van der Waals surface area (Å²) in [6.07, 6.45) is 2.84. The number of ether oxygens (including phenoxy) is 2. The number of hydrogen-bond donors (Lipinski definition) is 1. The lowest BCUT2D eigenvalue weighted by molar-refractivity contribution is -0.147. The zero-order valence-electron chi connectivity index (χ0n) is 15.5. The zero-order chi connectivity index (χ0) is 19.4. The van der Waals surface area contributed by atoms with Gasteiger partial charge in [0.25, 0.3) is 0 Å². The predicted octanol–water partition coefficient (Wildman–Crippen LogP) is 2.48. The molecule has 2 atom stereocenters. The first-order valence-corrected chi connectivity index (χ1v) is 8.59. The predicted molar refractivity (Wildman–Crippen MR) is 101 cm³/mol. The second-order valence-electron chi connectivity index (χ2n) is 6.20. The fourth-order valence-electron chi connectivity index (χ4n) is 2.13. The molecule has 0 aliphatic heterocycles. The standard InChI is InChI=1S/C19H27N3O4/c1-14(2)18(19(24)25-13-16-9-5-4-6-10-16)21-12-17(22-20)26-15(3)8-7-11-23/h4-6,9-12,14-15,18H,7-8,13,20H2,1-3H3/b21-12?,22-17+/t15?,18-/m0/s1. The molecule has 1 aromatic carbocycles. The Morgan fingerprint density at radius 1 is 1.23 bits per heavy atom. The molecule has 0 saturated heterocycles. The Kier molecular flexibility index (Phi) is 9.67. The number of nitrogens with zero attached hydrogens (tertiary/aromatic N) is 2. The Hall–Kier alpha value is -2.70. The molecule has 1 aromatic rings. The highest BCUT2D eigenvalue weighted by Gasteiger charge is 2.23. The van der Waals surface area contributed by atoms with Crippen LogP contribution in [0.25, 0.3) is 0 Å². The van der Waals surface area contributed by atoms with Crippen molar-refractivity contribution in [3.05, 3.63) is 35.9 Å². The maximum absolute atomic E-state index is 12.3. The van der Waals surface area contributed by atoms with E-state index in [1.165, 1.54) is 6.21 Å². The van der Waals surface area contributed by atoms with Crippen molar-refractivity contribution in [3.63, 3.8) is 0 Å². The van der Waals surface area contributed by atoms with Crippen LogP contribution < -0.4 is 5.84 Å². The number of rotatable bonds is 10. The number of aldehydes is 1. The first-order chi connectivity index (χ1) is 12.5. The summed E-state index contributed by atoms with van der Waals surface area (Å²) in [6, 6.07) is 8.74. The lowest BCUT2D eigenvalue weighted by atomic mass is 10.1. The van der Waals surface area contributed by atoms with E-state index < -0.39 is 12.0 Å². The molecule has 0 aliphatic carbocycles. The third kappa shape index (κ3) is 7.92. The van der Waals surface area contributed by atoms with Crippen LogP contribution in [0.5, 0.6) is 0 Å². The number of benzene rings is 1. The van der Waals surface area contributed by atoms with Crippen molar-refractivity contribution < 1.29 is 19.1 Å². The molecule has 7 nitrogen and oxygen atoms in total. The molecular formula is C19H27N3O4. The Bertz CT molecular complexity index is 614. The molecule has 0 bridgehead atoms.